The van der Waals surface area contributed by atoms with Crippen molar-refractivity contribution < 1.29 is 9.21 Å². The van der Waals surface area contributed by atoms with E-state index in [1.54, 1.807) is 12.1 Å². The Hall–Kier alpha value is -2.61. The summed E-state index contributed by atoms with van der Waals surface area (Å²) < 4.78 is 5.08. The summed E-state index contributed by atoms with van der Waals surface area (Å²) in [5.41, 5.74) is 0.568. The van der Waals surface area contributed by atoms with Crippen LogP contribution in [0.5, 0.6) is 0 Å². The van der Waals surface area contributed by atoms with E-state index >= 15 is 0 Å². The highest BCUT2D eigenvalue weighted by Gasteiger charge is 2.11. The fraction of sp³-hybridized carbons (Fsp3) is 0.0833. The Labute approximate surface area is 97.7 Å². The van der Waals surface area contributed by atoms with Gasteiger partial charge in [-0.25, -0.2) is 0 Å². The molecule has 0 aliphatic rings. The topological polar surface area (TPSA) is 78.9 Å². The zero-order valence-electron chi connectivity index (χ0n) is 8.88. The van der Waals surface area contributed by atoms with E-state index in [4.69, 9.17) is 9.68 Å². The molecule has 0 aromatic carbocycles. The Balaban J connectivity index is 2.08. The summed E-state index contributed by atoms with van der Waals surface area (Å²) >= 11 is 0. The summed E-state index contributed by atoms with van der Waals surface area (Å²) in [6, 6.07) is 6.95. The van der Waals surface area contributed by atoms with Gasteiger partial charge in [-0.1, -0.05) is 0 Å². The highest BCUT2D eigenvalue weighted by molar-refractivity contribution is 5.96. The van der Waals surface area contributed by atoms with Gasteiger partial charge in [0.2, 0.25) is 0 Å². The molecule has 0 bridgehead atoms. The Morgan fingerprint density at radius 3 is 3.12 bits per heavy atom. The van der Waals surface area contributed by atoms with Crippen LogP contribution in [0, 0.1) is 11.3 Å². The lowest BCUT2D eigenvalue weighted by molar-refractivity contribution is 0.0947. The Morgan fingerprint density at radius 2 is 2.41 bits per heavy atom. The number of carbonyl (C=O) groups is 1. The van der Waals surface area contributed by atoms with Gasteiger partial charge < -0.3 is 9.73 Å². The third kappa shape index (κ3) is 2.49. The van der Waals surface area contributed by atoms with Crippen molar-refractivity contribution in [1.82, 2.24) is 10.3 Å². The minimum absolute atomic E-state index is 0.265. The molecule has 84 valence electrons. The minimum atomic E-state index is -0.342. The first-order chi connectivity index (χ1) is 8.31. The maximum Gasteiger partial charge on any atom is 0.254 e. The molecule has 0 fully saturated rings. The van der Waals surface area contributed by atoms with Crippen molar-refractivity contribution in [2.75, 3.05) is 0 Å². The van der Waals surface area contributed by atoms with Crippen molar-refractivity contribution in [3.63, 3.8) is 0 Å². The Morgan fingerprint density at radius 1 is 1.53 bits per heavy atom. The number of nitrogens with one attached hydrogen (secondary N) is 1. The second-order valence-corrected chi connectivity index (χ2v) is 3.30. The number of nitriles is 1. The number of aromatic nitrogens is 1. The van der Waals surface area contributed by atoms with Gasteiger partial charge in [0, 0.05) is 12.4 Å². The summed E-state index contributed by atoms with van der Waals surface area (Å²) in [6.45, 7) is 0.283. The second-order valence-electron chi connectivity index (χ2n) is 3.30. The van der Waals surface area contributed by atoms with Gasteiger partial charge in [-0.05, 0) is 18.2 Å². The molecule has 5 heteroatoms. The van der Waals surface area contributed by atoms with Crippen LogP contribution in [-0.4, -0.2) is 10.9 Å². The lowest BCUT2D eigenvalue weighted by Gasteiger charge is -2.03. The highest BCUT2D eigenvalue weighted by atomic mass is 16.3. The monoisotopic (exact) mass is 227 g/mol. The number of carbonyl (C=O) groups excluding carboxylic acids is 1. The van der Waals surface area contributed by atoms with E-state index in [0.29, 0.717) is 11.3 Å². The maximum atomic E-state index is 11.8. The van der Waals surface area contributed by atoms with E-state index in [2.05, 4.69) is 10.3 Å². The molecular weight excluding hydrogens is 218 g/mol. The summed E-state index contributed by atoms with van der Waals surface area (Å²) in [4.78, 5) is 15.6. The molecule has 2 rings (SSSR count). The van der Waals surface area contributed by atoms with Gasteiger partial charge in [-0.3, -0.25) is 9.78 Å². The largest absolute Gasteiger partial charge is 0.467 e. The van der Waals surface area contributed by atoms with Crippen molar-refractivity contribution in [1.29, 1.82) is 5.26 Å². The number of nitrogens with zero attached hydrogens (tertiary/aromatic N) is 2. The lowest BCUT2D eigenvalue weighted by atomic mass is 10.1. The highest BCUT2D eigenvalue weighted by Crippen LogP contribution is 2.06. The van der Waals surface area contributed by atoms with Crippen molar-refractivity contribution in [3.05, 3.63) is 53.7 Å². The predicted molar refractivity (Wildman–Crippen MR) is 58.8 cm³/mol. The van der Waals surface area contributed by atoms with E-state index in [0.717, 1.165) is 0 Å². The van der Waals surface area contributed by atoms with Crippen LogP contribution in [0.2, 0.25) is 0 Å². The fourth-order valence-corrected chi connectivity index (χ4v) is 1.35. The van der Waals surface area contributed by atoms with Crippen LogP contribution in [-0.2, 0) is 6.54 Å². The van der Waals surface area contributed by atoms with Gasteiger partial charge in [0.15, 0.2) is 0 Å². The van der Waals surface area contributed by atoms with Crippen LogP contribution in [0.3, 0.4) is 0 Å². The van der Waals surface area contributed by atoms with Gasteiger partial charge in [0.25, 0.3) is 5.91 Å². The third-order valence-electron chi connectivity index (χ3n) is 2.19. The first-order valence-electron chi connectivity index (χ1n) is 4.96. The van der Waals surface area contributed by atoms with Crippen LogP contribution in [0.15, 0.2) is 41.3 Å². The van der Waals surface area contributed by atoms with Crippen LogP contribution in [0.4, 0.5) is 0 Å². The molecule has 1 amide bonds. The number of hydrogen-bond donors (Lipinski definition) is 1. The molecule has 0 unspecified atom stereocenters. The molecule has 0 atom stereocenters. The van der Waals surface area contributed by atoms with Crippen molar-refractivity contribution >= 4 is 5.91 Å². The smallest absolute Gasteiger partial charge is 0.254 e. The zero-order valence-corrected chi connectivity index (χ0v) is 8.88. The summed E-state index contributed by atoms with van der Waals surface area (Å²) in [7, 11) is 0. The number of pyridine rings is 1. The molecule has 0 radical (unpaired) electrons. The van der Waals surface area contributed by atoms with Gasteiger partial charge >= 0.3 is 0 Å². The number of hydrogen-bond acceptors (Lipinski definition) is 4. The minimum Gasteiger partial charge on any atom is -0.467 e. The van der Waals surface area contributed by atoms with Gasteiger partial charge in [-0.15, -0.1) is 0 Å². The van der Waals surface area contributed by atoms with E-state index in [1.807, 2.05) is 6.07 Å². The lowest BCUT2D eigenvalue weighted by Crippen LogP contribution is -2.23. The SMILES string of the molecule is N#Cc1ccncc1C(=O)NCc1ccco1. The van der Waals surface area contributed by atoms with Crippen molar-refractivity contribution in [2.24, 2.45) is 0 Å². The molecule has 5 nitrogen and oxygen atoms in total. The van der Waals surface area contributed by atoms with Gasteiger partial charge in [0.05, 0.1) is 23.9 Å². The van der Waals surface area contributed by atoms with Gasteiger partial charge in [0.1, 0.15) is 11.8 Å². The predicted octanol–water partition coefficient (Wildman–Crippen LogP) is 1.48. The second kappa shape index (κ2) is 4.94. The molecule has 0 saturated heterocycles. The third-order valence-corrected chi connectivity index (χ3v) is 2.19. The maximum absolute atomic E-state index is 11.8. The zero-order chi connectivity index (χ0) is 12.1. The normalized spacial score (nSPS) is 9.59. The molecule has 0 aliphatic heterocycles. The fourth-order valence-electron chi connectivity index (χ4n) is 1.35. The van der Waals surface area contributed by atoms with Crippen LogP contribution < -0.4 is 5.32 Å². The summed E-state index contributed by atoms with van der Waals surface area (Å²) in [5, 5.41) is 11.5. The molecule has 1 N–H and O–H groups in total. The molecule has 2 heterocycles. The number of rotatable bonds is 3. The molecule has 0 saturated carbocycles. The molecular formula is C12H9N3O2. The molecule has 0 aliphatic carbocycles. The standard InChI is InChI=1S/C12H9N3O2/c13-6-9-3-4-14-8-11(9)12(16)15-7-10-2-1-5-17-10/h1-5,8H,7H2,(H,15,16). The summed E-state index contributed by atoms with van der Waals surface area (Å²) in [6.07, 6.45) is 4.38. The average molecular weight is 227 g/mol. The average Bonchev–Trinajstić information content (AvgIpc) is 2.89. The van der Waals surface area contributed by atoms with Crippen LogP contribution >= 0.6 is 0 Å². The quantitative estimate of drug-likeness (QED) is 0.861. The van der Waals surface area contributed by atoms with E-state index in [-0.39, 0.29) is 18.0 Å². The number of furan rings is 1. The summed E-state index contributed by atoms with van der Waals surface area (Å²) in [5.74, 6) is 0.312. The number of amides is 1. The molecule has 2 aromatic rings. The Kier molecular flexibility index (Phi) is 3.17. The van der Waals surface area contributed by atoms with E-state index in [1.165, 1.54) is 24.7 Å². The van der Waals surface area contributed by atoms with Crippen LogP contribution in [0.1, 0.15) is 21.7 Å². The first-order valence-corrected chi connectivity index (χ1v) is 4.96. The molecule has 2 aromatic heterocycles. The van der Waals surface area contributed by atoms with E-state index < -0.39 is 0 Å². The van der Waals surface area contributed by atoms with E-state index in [9.17, 15) is 4.79 Å². The Bertz CT molecular complexity index is 555. The molecule has 0 spiro atoms. The van der Waals surface area contributed by atoms with Gasteiger partial charge in [-0.2, -0.15) is 5.26 Å². The van der Waals surface area contributed by atoms with Crippen molar-refractivity contribution in [2.45, 2.75) is 6.54 Å². The first kappa shape index (κ1) is 10.9. The van der Waals surface area contributed by atoms with Crippen molar-refractivity contribution in [3.8, 4) is 6.07 Å². The van der Waals surface area contributed by atoms with Crippen LogP contribution in [0.25, 0.3) is 0 Å². The molecule has 17 heavy (non-hydrogen) atoms.